The molecule has 11 heavy (non-hydrogen) atoms. The van der Waals surface area contributed by atoms with Crippen LogP contribution in [0, 0.1) is 0 Å². The van der Waals surface area contributed by atoms with Crippen molar-refractivity contribution in [2.45, 2.75) is 0 Å². The molecule has 0 aliphatic heterocycles. The van der Waals surface area contributed by atoms with Gasteiger partial charge in [0.25, 0.3) is 5.91 Å². The van der Waals surface area contributed by atoms with Gasteiger partial charge in [-0.05, 0) is 12.1 Å². The van der Waals surface area contributed by atoms with Crippen LogP contribution in [0.25, 0.3) is 0 Å². The monoisotopic (exact) mass is 149 g/mol. The molecule has 0 spiro atoms. The molecule has 0 aliphatic carbocycles. The number of pyridine rings is 1. The van der Waals surface area contributed by atoms with Crippen LogP contribution < -0.4 is 5.32 Å². The molecular formula is C7H5N2O2. The normalized spacial score (nSPS) is 8.73. The third kappa shape index (κ3) is 1.86. The van der Waals surface area contributed by atoms with Gasteiger partial charge in [0.05, 0.1) is 0 Å². The second-order valence-electron chi connectivity index (χ2n) is 1.77. The third-order valence-electron chi connectivity index (χ3n) is 1.06. The molecule has 1 heterocycles. The van der Waals surface area contributed by atoms with E-state index >= 15 is 0 Å². The van der Waals surface area contributed by atoms with Crippen LogP contribution in [0.4, 0.5) is 0 Å². The van der Waals surface area contributed by atoms with Crippen LogP contribution in [0.2, 0.25) is 0 Å². The van der Waals surface area contributed by atoms with Crippen molar-refractivity contribution in [2.75, 3.05) is 0 Å². The first-order chi connectivity index (χ1) is 5.34. The fourth-order valence-electron chi connectivity index (χ4n) is 0.607. The van der Waals surface area contributed by atoms with Gasteiger partial charge in [0.15, 0.2) is 0 Å². The molecule has 0 saturated carbocycles. The van der Waals surface area contributed by atoms with Gasteiger partial charge in [-0.2, -0.15) is 0 Å². The van der Waals surface area contributed by atoms with E-state index < -0.39 is 5.91 Å². The molecule has 55 valence electrons. The Morgan fingerprint density at radius 3 is 2.91 bits per heavy atom. The lowest BCUT2D eigenvalue weighted by atomic mass is 10.3. The van der Waals surface area contributed by atoms with Crippen LogP contribution in [0.5, 0.6) is 0 Å². The van der Waals surface area contributed by atoms with Crippen molar-refractivity contribution in [3.8, 4) is 0 Å². The van der Waals surface area contributed by atoms with E-state index in [1.807, 2.05) is 5.32 Å². The summed E-state index contributed by atoms with van der Waals surface area (Å²) in [6, 6.07) is 4.85. The minimum Gasteiger partial charge on any atom is -0.283 e. The van der Waals surface area contributed by atoms with E-state index in [0.29, 0.717) is 0 Å². The lowest BCUT2D eigenvalue weighted by molar-refractivity contribution is 0.0971. The van der Waals surface area contributed by atoms with Crippen molar-refractivity contribution in [3.05, 3.63) is 30.1 Å². The Morgan fingerprint density at radius 2 is 2.36 bits per heavy atom. The minimum atomic E-state index is -0.541. The molecule has 1 radical (unpaired) electrons. The molecule has 0 aromatic carbocycles. The van der Waals surface area contributed by atoms with Crippen molar-refractivity contribution in [3.63, 3.8) is 0 Å². The Balaban J connectivity index is 2.77. The number of nitrogens with zero attached hydrogens (tertiary/aromatic N) is 1. The quantitative estimate of drug-likeness (QED) is 0.596. The predicted octanol–water partition coefficient (Wildman–Crippen LogP) is -0.121. The zero-order valence-electron chi connectivity index (χ0n) is 5.57. The van der Waals surface area contributed by atoms with Crippen LogP contribution in [0.15, 0.2) is 24.4 Å². The topological polar surface area (TPSA) is 59.1 Å². The highest BCUT2D eigenvalue weighted by molar-refractivity contribution is 5.98. The van der Waals surface area contributed by atoms with Gasteiger partial charge < -0.3 is 0 Å². The number of amides is 2. The largest absolute Gasteiger partial charge is 0.316 e. The van der Waals surface area contributed by atoms with Gasteiger partial charge in [-0.3, -0.25) is 19.9 Å². The molecule has 4 nitrogen and oxygen atoms in total. The van der Waals surface area contributed by atoms with Crippen molar-refractivity contribution >= 4 is 12.3 Å². The zero-order valence-corrected chi connectivity index (χ0v) is 5.57. The summed E-state index contributed by atoms with van der Waals surface area (Å²) >= 11 is 0. The number of carbonyl (C=O) groups is 1. The number of carbonyl (C=O) groups excluding carboxylic acids is 2. The summed E-state index contributed by atoms with van der Waals surface area (Å²) in [5.41, 5.74) is 0.204. The van der Waals surface area contributed by atoms with Crippen molar-refractivity contribution in [2.24, 2.45) is 0 Å². The maximum atomic E-state index is 10.8. The molecule has 4 heteroatoms. The Morgan fingerprint density at radius 1 is 1.55 bits per heavy atom. The molecule has 0 atom stereocenters. The van der Waals surface area contributed by atoms with Gasteiger partial charge in [-0.1, -0.05) is 6.07 Å². The van der Waals surface area contributed by atoms with E-state index in [1.54, 1.807) is 12.1 Å². The smallest absolute Gasteiger partial charge is 0.283 e. The number of nitrogens with one attached hydrogen (secondary N) is 1. The van der Waals surface area contributed by atoms with Crippen molar-refractivity contribution < 1.29 is 9.59 Å². The first-order valence-corrected chi connectivity index (χ1v) is 2.93. The van der Waals surface area contributed by atoms with Gasteiger partial charge in [0.2, 0.25) is 0 Å². The van der Waals surface area contributed by atoms with Gasteiger partial charge in [0, 0.05) is 6.20 Å². The molecule has 1 rings (SSSR count). The van der Waals surface area contributed by atoms with E-state index in [-0.39, 0.29) is 5.69 Å². The summed E-state index contributed by atoms with van der Waals surface area (Å²) in [5, 5.41) is 1.85. The van der Waals surface area contributed by atoms with Gasteiger partial charge in [-0.15, -0.1) is 0 Å². The first-order valence-electron chi connectivity index (χ1n) is 2.93. The predicted molar refractivity (Wildman–Crippen MR) is 37.4 cm³/mol. The fourth-order valence-corrected chi connectivity index (χ4v) is 0.607. The number of rotatable bonds is 2. The van der Waals surface area contributed by atoms with Crippen LogP contribution in [-0.2, 0) is 4.79 Å². The molecule has 0 bridgehead atoms. The van der Waals surface area contributed by atoms with E-state index in [1.165, 1.54) is 18.7 Å². The summed E-state index contributed by atoms with van der Waals surface area (Å²) in [6.45, 7) is 0. The third-order valence-corrected chi connectivity index (χ3v) is 1.06. The molecule has 1 N–H and O–H groups in total. The molecule has 2 amide bonds. The Labute approximate surface area is 63.3 Å². The minimum absolute atomic E-state index is 0.204. The zero-order chi connectivity index (χ0) is 8.10. The van der Waals surface area contributed by atoms with Gasteiger partial charge >= 0.3 is 6.41 Å². The Kier molecular flexibility index (Phi) is 2.32. The highest BCUT2D eigenvalue weighted by atomic mass is 16.2. The summed E-state index contributed by atoms with van der Waals surface area (Å²) in [6.07, 6.45) is 2.75. The van der Waals surface area contributed by atoms with Crippen LogP contribution in [0.1, 0.15) is 10.5 Å². The SMILES string of the molecule is O=[C]NC(=O)c1ccccn1. The van der Waals surface area contributed by atoms with Crippen LogP contribution >= 0.6 is 0 Å². The summed E-state index contributed by atoms with van der Waals surface area (Å²) in [5.74, 6) is -0.541. The maximum absolute atomic E-state index is 10.8. The second-order valence-corrected chi connectivity index (χ2v) is 1.77. The summed E-state index contributed by atoms with van der Waals surface area (Å²) in [7, 11) is 0. The van der Waals surface area contributed by atoms with E-state index in [0.717, 1.165) is 0 Å². The average Bonchev–Trinajstić information content (AvgIpc) is 2.07. The van der Waals surface area contributed by atoms with Crippen LogP contribution in [0.3, 0.4) is 0 Å². The highest BCUT2D eigenvalue weighted by Gasteiger charge is 2.03. The highest BCUT2D eigenvalue weighted by Crippen LogP contribution is 1.90. The standard InChI is InChI=1S/C7H5N2O2/c10-5-9-7(11)6-3-1-2-4-8-6/h1-4H,(H,9,10,11). The Bertz CT molecular complexity index is 258. The lowest BCUT2D eigenvalue weighted by Gasteiger charge is -1.93. The number of aromatic nitrogens is 1. The summed E-state index contributed by atoms with van der Waals surface area (Å²) in [4.78, 5) is 24.2. The molecule has 0 saturated heterocycles. The van der Waals surface area contributed by atoms with Gasteiger partial charge in [-0.25, -0.2) is 0 Å². The number of imide groups is 1. The van der Waals surface area contributed by atoms with Crippen molar-refractivity contribution in [1.29, 1.82) is 0 Å². The average molecular weight is 149 g/mol. The fraction of sp³-hybridized carbons (Fsp3) is 0. The first kappa shape index (κ1) is 7.40. The van der Waals surface area contributed by atoms with E-state index in [9.17, 15) is 9.59 Å². The Hall–Kier alpha value is -1.71. The van der Waals surface area contributed by atoms with E-state index in [4.69, 9.17) is 0 Å². The summed E-state index contributed by atoms with van der Waals surface area (Å²) < 4.78 is 0. The van der Waals surface area contributed by atoms with Gasteiger partial charge in [0.1, 0.15) is 5.69 Å². The molecular weight excluding hydrogens is 144 g/mol. The molecule has 0 aliphatic rings. The molecule has 0 unspecified atom stereocenters. The molecule has 0 fully saturated rings. The number of hydrogen-bond donors (Lipinski definition) is 1. The maximum Gasteiger partial charge on any atom is 0.316 e. The lowest BCUT2D eigenvalue weighted by Crippen LogP contribution is -2.21. The molecule has 1 aromatic heterocycles. The molecule has 1 aromatic rings. The van der Waals surface area contributed by atoms with Crippen molar-refractivity contribution in [1.82, 2.24) is 10.3 Å². The second kappa shape index (κ2) is 3.46. The number of hydrogen-bond acceptors (Lipinski definition) is 3. The van der Waals surface area contributed by atoms with E-state index in [2.05, 4.69) is 4.98 Å². The van der Waals surface area contributed by atoms with Crippen LogP contribution in [-0.4, -0.2) is 17.3 Å².